The lowest BCUT2D eigenvalue weighted by atomic mass is 10.0. The minimum absolute atomic E-state index is 0.0947. The zero-order chi connectivity index (χ0) is 21.8. The fourth-order valence-corrected chi connectivity index (χ4v) is 4.50. The Bertz CT molecular complexity index is 1050. The van der Waals surface area contributed by atoms with Crippen molar-refractivity contribution in [2.75, 3.05) is 38.6 Å². The number of benzene rings is 2. The van der Waals surface area contributed by atoms with Gasteiger partial charge in [-0.1, -0.05) is 29.3 Å². The van der Waals surface area contributed by atoms with Crippen molar-refractivity contribution in [1.82, 2.24) is 9.88 Å². The number of likely N-dealkylation sites (tertiary alicyclic amines) is 1. The van der Waals surface area contributed by atoms with E-state index in [0.29, 0.717) is 32.9 Å². The molecule has 1 aliphatic rings. The van der Waals surface area contributed by atoms with Gasteiger partial charge < -0.3 is 20.1 Å². The maximum absolute atomic E-state index is 10.6. The van der Waals surface area contributed by atoms with Crippen LogP contribution in [-0.2, 0) is 0 Å². The van der Waals surface area contributed by atoms with Crippen LogP contribution >= 0.6 is 23.2 Å². The van der Waals surface area contributed by atoms with Gasteiger partial charge in [0.2, 0.25) is 0 Å². The third-order valence-electron chi connectivity index (χ3n) is 5.49. The molecule has 0 bridgehead atoms. The number of nitrogens with zero attached hydrogens (tertiary/aromatic N) is 2. The highest BCUT2D eigenvalue weighted by Crippen LogP contribution is 2.39. The minimum Gasteiger partial charge on any atom is -0.507 e. The number of hydrogen-bond donors (Lipinski definition) is 2. The van der Waals surface area contributed by atoms with Gasteiger partial charge in [0.15, 0.2) is 0 Å². The molecular formula is C24H25Cl2N3O2. The highest BCUT2D eigenvalue weighted by Gasteiger charge is 2.15. The number of anilines is 1. The molecule has 31 heavy (non-hydrogen) atoms. The van der Waals surface area contributed by atoms with Crippen LogP contribution in [-0.4, -0.2) is 48.3 Å². The molecule has 1 fully saturated rings. The van der Waals surface area contributed by atoms with Gasteiger partial charge in [0.05, 0.1) is 12.8 Å². The van der Waals surface area contributed by atoms with Crippen LogP contribution in [0.1, 0.15) is 12.8 Å². The summed E-state index contributed by atoms with van der Waals surface area (Å²) in [6.45, 7) is 4.04. The predicted octanol–water partition coefficient (Wildman–Crippen LogP) is 5.94. The molecule has 5 nitrogen and oxygen atoms in total. The van der Waals surface area contributed by atoms with E-state index >= 15 is 0 Å². The van der Waals surface area contributed by atoms with E-state index in [1.807, 2.05) is 30.3 Å². The third-order valence-corrected chi connectivity index (χ3v) is 6.12. The molecule has 2 heterocycles. The Morgan fingerprint density at radius 3 is 2.48 bits per heavy atom. The van der Waals surface area contributed by atoms with Crippen LogP contribution in [0.3, 0.4) is 0 Å². The van der Waals surface area contributed by atoms with Gasteiger partial charge in [-0.05, 0) is 67.9 Å². The Balaban J connectivity index is 1.71. The van der Waals surface area contributed by atoms with Gasteiger partial charge in [-0.3, -0.25) is 0 Å². The lowest BCUT2D eigenvalue weighted by molar-refractivity contribution is 0.352. The van der Waals surface area contributed by atoms with Crippen LogP contribution in [0.4, 0.5) is 5.82 Å². The number of pyridine rings is 1. The van der Waals surface area contributed by atoms with Crippen molar-refractivity contribution in [1.29, 1.82) is 0 Å². The van der Waals surface area contributed by atoms with E-state index in [4.69, 9.17) is 32.9 Å². The molecule has 1 aliphatic heterocycles. The first-order valence-corrected chi connectivity index (χ1v) is 11.1. The van der Waals surface area contributed by atoms with Crippen molar-refractivity contribution >= 4 is 29.0 Å². The molecule has 0 saturated carbocycles. The Labute approximate surface area is 192 Å². The molecule has 0 spiro atoms. The van der Waals surface area contributed by atoms with Crippen molar-refractivity contribution in [3.05, 3.63) is 58.6 Å². The van der Waals surface area contributed by atoms with Crippen LogP contribution in [0, 0.1) is 0 Å². The van der Waals surface area contributed by atoms with Gasteiger partial charge in [0, 0.05) is 40.3 Å². The smallest absolute Gasteiger partial charge is 0.128 e. The first kappa shape index (κ1) is 21.8. The number of phenolic OH excluding ortho intramolecular Hbond substituents is 1. The van der Waals surface area contributed by atoms with Crippen molar-refractivity contribution in [2.45, 2.75) is 12.8 Å². The third kappa shape index (κ3) is 5.06. The maximum Gasteiger partial charge on any atom is 0.128 e. The standard InChI is InChI=1S/C24H25Cl2N3O2/c1-31-17-7-8-18(22(30)15-17)21-13-16(24-19(25)5-4-6-20(24)26)14-23(28-21)27-9-12-29-10-2-3-11-29/h4-8,13-15,30H,2-3,9-12H2,1H3,(H,27,28). The zero-order valence-electron chi connectivity index (χ0n) is 17.4. The van der Waals surface area contributed by atoms with E-state index in [-0.39, 0.29) is 5.75 Å². The molecule has 162 valence electrons. The van der Waals surface area contributed by atoms with Gasteiger partial charge >= 0.3 is 0 Å². The molecule has 0 aliphatic carbocycles. The second kappa shape index (κ2) is 9.77. The fourth-order valence-electron chi connectivity index (χ4n) is 3.88. The van der Waals surface area contributed by atoms with E-state index < -0.39 is 0 Å². The summed E-state index contributed by atoms with van der Waals surface area (Å²) in [5, 5.41) is 15.1. The van der Waals surface area contributed by atoms with E-state index in [1.165, 1.54) is 12.8 Å². The molecule has 0 radical (unpaired) electrons. The number of hydrogen-bond acceptors (Lipinski definition) is 5. The van der Waals surface area contributed by atoms with Gasteiger partial charge in [-0.25, -0.2) is 4.98 Å². The summed E-state index contributed by atoms with van der Waals surface area (Å²) in [5.74, 6) is 1.38. The summed E-state index contributed by atoms with van der Waals surface area (Å²) in [6.07, 6.45) is 2.53. The second-order valence-corrected chi connectivity index (χ2v) is 8.40. The molecule has 0 amide bonds. The molecule has 0 atom stereocenters. The zero-order valence-corrected chi connectivity index (χ0v) is 18.9. The molecule has 1 aromatic heterocycles. The van der Waals surface area contributed by atoms with Crippen LogP contribution in [0.5, 0.6) is 11.5 Å². The first-order chi connectivity index (χ1) is 15.0. The van der Waals surface area contributed by atoms with Gasteiger partial charge in [0.25, 0.3) is 0 Å². The van der Waals surface area contributed by atoms with Crippen molar-refractivity contribution in [3.8, 4) is 33.9 Å². The summed E-state index contributed by atoms with van der Waals surface area (Å²) in [5.41, 5.74) is 2.80. The van der Waals surface area contributed by atoms with Gasteiger partial charge in [-0.15, -0.1) is 0 Å². The second-order valence-electron chi connectivity index (χ2n) is 7.58. The Kier molecular flexibility index (Phi) is 6.86. The number of nitrogens with one attached hydrogen (secondary N) is 1. The van der Waals surface area contributed by atoms with Crippen LogP contribution in [0.15, 0.2) is 48.5 Å². The van der Waals surface area contributed by atoms with Crippen LogP contribution < -0.4 is 10.1 Å². The van der Waals surface area contributed by atoms with E-state index in [0.717, 1.165) is 37.3 Å². The SMILES string of the molecule is COc1ccc(-c2cc(-c3c(Cl)cccc3Cl)cc(NCCN3CCCC3)n2)c(O)c1. The predicted molar refractivity (Wildman–Crippen MR) is 128 cm³/mol. The summed E-state index contributed by atoms with van der Waals surface area (Å²) in [6, 6.07) is 14.5. The number of aromatic hydroxyl groups is 1. The monoisotopic (exact) mass is 457 g/mol. The van der Waals surface area contributed by atoms with E-state index in [2.05, 4.69) is 10.2 Å². The number of aromatic nitrogens is 1. The summed E-state index contributed by atoms with van der Waals surface area (Å²) in [7, 11) is 1.56. The van der Waals surface area contributed by atoms with Crippen LogP contribution in [0.2, 0.25) is 10.0 Å². The number of ether oxygens (including phenoxy) is 1. The van der Waals surface area contributed by atoms with Crippen molar-refractivity contribution in [3.63, 3.8) is 0 Å². The minimum atomic E-state index is 0.0947. The molecule has 0 unspecified atom stereocenters. The Morgan fingerprint density at radius 1 is 1.06 bits per heavy atom. The molecule has 3 aromatic rings. The van der Waals surface area contributed by atoms with E-state index in [1.54, 1.807) is 25.3 Å². The number of rotatable bonds is 7. The lowest BCUT2D eigenvalue weighted by Crippen LogP contribution is -2.26. The average Bonchev–Trinajstić information content (AvgIpc) is 3.27. The lowest BCUT2D eigenvalue weighted by Gasteiger charge is -2.17. The largest absolute Gasteiger partial charge is 0.507 e. The molecule has 2 N–H and O–H groups in total. The summed E-state index contributed by atoms with van der Waals surface area (Å²) in [4.78, 5) is 7.19. The van der Waals surface area contributed by atoms with Crippen LogP contribution in [0.25, 0.3) is 22.4 Å². The maximum atomic E-state index is 10.6. The van der Waals surface area contributed by atoms with Gasteiger partial charge in [-0.2, -0.15) is 0 Å². The highest BCUT2D eigenvalue weighted by molar-refractivity contribution is 6.39. The van der Waals surface area contributed by atoms with Crippen molar-refractivity contribution < 1.29 is 9.84 Å². The van der Waals surface area contributed by atoms with Gasteiger partial charge in [0.1, 0.15) is 17.3 Å². The fraction of sp³-hybridized carbons (Fsp3) is 0.292. The number of methoxy groups -OCH3 is 1. The Hall–Kier alpha value is -2.47. The first-order valence-electron chi connectivity index (χ1n) is 10.4. The normalized spacial score (nSPS) is 14.0. The van der Waals surface area contributed by atoms with Crippen molar-refractivity contribution in [2.24, 2.45) is 0 Å². The molecule has 7 heteroatoms. The summed E-state index contributed by atoms with van der Waals surface area (Å²) >= 11 is 13.0. The van der Waals surface area contributed by atoms with E-state index in [9.17, 15) is 5.11 Å². The average molecular weight is 458 g/mol. The summed E-state index contributed by atoms with van der Waals surface area (Å²) < 4.78 is 5.20. The quantitative estimate of drug-likeness (QED) is 0.459. The number of halogens is 2. The molecular weight excluding hydrogens is 433 g/mol. The Morgan fingerprint density at radius 2 is 1.81 bits per heavy atom. The topological polar surface area (TPSA) is 57.6 Å². The molecule has 2 aromatic carbocycles. The highest BCUT2D eigenvalue weighted by atomic mass is 35.5. The molecule has 4 rings (SSSR count). The molecule has 1 saturated heterocycles. The number of phenols is 1.